The van der Waals surface area contributed by atoms with Crippen LogP contribution in [0, 0.1) is 5.82 Å². The van der Waals surface area contributed by atoms with Gasteiger partial charge in [-0.25, -0.2) is 14.4 Å². The first-order chi connectivity index (χ1) is 10.7. The Balaban J connectivity index is 1.56. The second-order valence-corrected chi connectivity index (χ2v) is 5.30. The van der Waals surface area contributed by atoms with Gasteiger partial charge >= 0.3 is 0 Å². The number of hydrogen-bond donors (Lipinski definition) is 2. The van der Waals surface area contributed by atoms with Crippen molar-refractivity contribution >= 4 is 11.7 Å². The summed E-state index contributed by atoms with van der Waals surface area (Å²) < 4.78 is 13.5. The van der Waals surface area contributed by atoms with Gasteiger partial charge in [0.1, 0.15) is 23.7 Å². The van der Waals surface area contributed by atoms with Gasteiger partial charge in [0.15, 0.2) is 0 Å². The van der Waals surface area contributed by atoms with Gasteiger partial charge in [0.05, 0.1) is 0 Å². The van der Waals surface area contributed by atoms with Crippen molar-refractivity contribution in [3.8, 4) is 0 Å². The van der Waals surface area contributed by atoms with E-state index in [0.29, 0.717) is 36.1 Å². The van der Waals surface area contributed by atoms with Crippen LogP contribution in [0.5, 0.6) is 0 Å². The summed E-state index contributed by atoms with van der Waals surface area (Å²) in [6.45, 7) is 0.529. The number of carbonyl (C=O) groups excluding carboxylic acids is 1. The Kier molecular flexibility index (Phi) is 4.27. The third kappa shape index (κ3) is 3.78. The first-order valence-corrected chi connectivity index (χ1v) is 7.32. The number of rotatable bonds is 6. The van der Waals surface area contributed by atoms with E-state index in [-0.39, 0.29) is 11.7 Å². The van der Waals surface area contributed by atoms with Crippen LogP contribution < -0.4 is 10.6 Å². The number of halogens is 1. The fourth-order valence-electron chi connectivity index (χ4n) is 2.09. The maximum Gasteiger partial charge on any atom is 0.270 e. The van der Waals surface area contributed by atoms with E-state index in [1.165, 1.54) is 12.4 Å². The zero-order valence-electron chi connectivity index (χ0n) is 12.1. The van der Waals surface area contributed by atoms with Gasteiger partial charge in [-0.05, 0) is 30.9 Å². The second kappa shape index (κ2) is 6.51. The number of carbonyl (C=O) groups is 1. The zero-order chi connectivity index (χ0) is 15.4. The molecule has 5 nitrogen and oxygen atoms in total. The lowest BCUT2D eigenvalue weighted by atomic mass is 10.1. The summed E-state index contributed by atoms with van der Waals surface area (Å²) >= 11 is 0. The van der Waals surface area contributed by atoms with Crippen LogP contribution in [0.2, 0.25) is 0 Å². The van der Waals surface area contributed by atoms with Crippen LogP contribution >= 0.6 is 0 Å². The molecule has 1 amide bonds. The van der Waals surface area contributed by atoms with Crippen molar-refractivity contribution in [1.82, 2.24) is 15.3 Å². The highest BCUT2D eigenvalue weighted by molar-refractivity contribution is 5.93. The first kappa shape index (κ1) is 14.4. The molecule has 1 fully saturated rings. The Bertz CT molecular complexity index is 673. The monoisotopic (exact) mass is 300 g/mol. The highest BCUT2D eigenvalue weighted by atomic mass is 19.1. The van der Waals surface area contributed by atoms with E-state index >= 15 is 0 Å². The van der Waals surface area contributed by atoms with Gasteiger partial charge < -0.3 is 10.6 Å². The molecule has 0 spiro atoms. The van der Waals surface area contributed by atoms with Crippen LogP contribution in [0.4, 0.5) is 10.2 Å². The van der Waals surface area contributed by atoms with Crippen LogP contribution in [0.3, 0.4) is 0 Å². The van der Waals surface area contributed by atoms with Crippen LogP contribution in [0.1, 0.15) is 28.9 Å². The molecule has 0 aliphatic heterocycles. The third-order valence-electron chi connectivity index (χ3n) is 3.47. The molecule has 2 aromatic rings. The predicted octanol–water partition coefficient (Wildman–Crippen LogP) is 2.16. The average molecular weight is 300 g/mol. The van der Waals surface area contributed by atoms with E-state index < -0.39 is 0 Å². The molecule has 0 unspecified atom stereocenters. The molecule has 1 aliphatic carbocycles. The van der Waals surface area contributed by atoms with Gasteiger partial charge in [-0.1, -0.05) is 18.2 Å². The molecule has 1 aromatic carbocycles. The van der Waals surface area contributed by atoms with E-state index in [1.54, 1.807) is 18.2 Å². The van der Waals surface area contributed by atoms with Gasteiger partial charge in [-0.2, -0.15) is 0 Å². The van der Waals surface area contributed by atoms with E-state index in [4.69, 9.17) is 0 Å². The molecule has 0 bridgehead atoms. The highest BCUT2D eigenvalue weighted by Gasteiger charge is 2.24. The van der Waals surface area contributed by atoms with Gasteiger partial charge in [0.2, 0.25) is 0 Å². The summed E-state index contributed by atoms with van der Waals surface area (Å²) in [7, 11) is 0. The summed E-state index contributed by atoms with van der Waals surface area (Å²) in [5.74, 6) is 0.172. The summed E-state index contributed by atoms with van der Waals surface area (Å²) in [4.78, 5) is 20.0. The van der Waals surface area contributed by atoms with Crippen molar-refractivity contribution < 1.29 is 9.18 Å². The Morgan fingerprint density at radius 1 is 1.27 bits per heavy atom. The molecule has 0 saturated heterocycles. The number of amides is 1. The van der Waals surface area contributed by atoms with Gasteiger partial charge in [-0.15, -0.1) is 0 Å². The lowest BCUT2D eigenvalue weighted by Crippen LogP contribution is -2.26. The van der Waals surface area contributed by atoms with Gasteiger partial charge in [0, 0.05) is 18.7 Å². The standard InChI is InChI=1S/C16H17FN4O/c17-13-4-2-1-3-11(13)7-8-18-15-9-14(19-10-20-15)16(22)21-12-5-6-12/h1-4,9-10,12H,5-8H2,(H,21,22)(H,18,19,20). The van der Waals surface area contributed by atoms with Crippen LogP contribution in [-0.4, -0.2) is 28.5 Å². The number of anilines is 1. The molecular weight excluding hydrogens is 283 g/mol. The number of hydrogen-bond acceptors (Lipinski definition) is 4. The zero-order valence-corrected chi connectivity index (χ0v) is 12.1. The minimum Gasteiger partial charge on any atom is -0.370 e. The molecule has 1 heterocycles. The maximum atomic E-state index is 13.5. The minimum atomic E-state index is -0.212. The molecule has 1 aromatic heterocycles. The number of benzene rings is 1. The van der Waals surface area contributed by atoms with Crippen molar-refractivity contribution in [2.75, 3.05) is 11.9 Å². The number of aromatic nitrogens is 2. The maximum absolute atomic E-state index is 13.5. The molecular formula is C16H17FN4O. The summed E-state index contributed by atoms with van der Waals surface area (Å²) in [5, 5.41) is 5.97. The highest BCUT2D eigenvalue weighted by Crippen LogP contribution is 2.19. The van der Waals surface area contributed by atoms with Crippen molar-refractivity contribution in [3.05, 3.63) is 53.7 Å². The Morgan fingerprint density at radius 3 is 2.86 bits per heavy atom. The molecule has 0 radical (unpaired) electrons. The quantitative estimate of drug-likeness (QED) is 0.858. The summed E-state index contributed by atoms with van der Waals surface area (Å²) in [5.41, 5.74) is 0.992. The van der Waals surface area contributed by atoms with Crippen molar-refractivity contribution in [3.63, 3.8) is 0 Å². The Morgan fingerprint density at radius 2 is 2.09 bits per heavy atom. The largest absolute Gasteiger partial charge is 0.370 e. The average Bonchev–Trinajstić information content (AvgIpc) is 3.33. The lowest BCUT2D eigenvalue weighted by Gasteiger charge is -2.08. The molecule has 0 atom stereocenters. The Labute approximate surface area is 128 Å². The molecule has 6 heteroatoms. The molecule has 22 heavy (non-hydrogen) atoms. The molecule has 114 valence electrons. The Hall–Kier alpha value is -2.50. The van der Waals surface area contributed by atoms with E-state index in [9.17, 15) is 9.18 Å². The van der Waals surface area contributed by atoms with E-state index in [1.807, 2.05) is 6.07 Å². The lowest BCUT2D eigenvalue weighted by molar-refractivity contribution is 0.0946. The van der Waals surface area contributed by atoms with Crippen LogP contribution in [-0.2, 0) is 6.42 Å². The normalized spacial score (nSPS) is 13.7. The minimum absolute atomic E-state index is 0.179. The molecule has 2 N–H and O–H groups in total. The SMILES string of the molecule is O=C(NC1CC1)c1cc(NCCc2ccccc2F)ncn1. The van der Waals surface area contributed by atoms with Gasteiger partial charge in [0.25, 0.3) is 5.91 Å². The number of nitrogens with one attached hydrogen (secondary N) is 2. The van der Waals surface area contributed by atoms with Crippen LogP contribution in [0.25, 0.3) is 0 Å². The topological polar surface area (TPSA) is 66.9 Å². The first-order valence-electron chi connectivity index (χ1n) is 7.32. The van der Waals surface area contributed by atoms with E-state index in [2.05, 4.69) is 20.6 Å². The fraction of sp³-hybridized carbons (Fsp3) is 0.312. The molecule has 3 rings (SSSR count). The summed E-state index contributed by atoms with van der Waals surface area (Å²) in [6.07, 6.45) is 3.96. The van der Waals surface area contributed by atoms with Crippen molar-refractivity contribution in [2.24, 2.45) is 0 Å². The third-order valence-corrected chi connectivity index (χ3v) is 3.47. The summed E-state index contributed by atoms with van der Waals surface area (Å²) in [6, 6.07) is 8.58. The van der Waals surface area contributed by atoms with Crippen LogP contribution in [0.15, 0.2) is 36.7 Å². The fourth-order valence-corrected chi connectivity index (χ4v) is 2.09. The van der Waals surface area contributed by atoms with Crippen molar-refractivity contribution in [1.29, 1.82) is 0 Å². The van der Waals surface area contributed by atoms with E-state index in [0.717, 1.165) is 12.8 Å². The smallest absolute Gasteiger partial charge is 0.270 e. The predicted molar refractivity (Wildman–Crippen MR) is 81.1 cm³/mol. The molecule has 1 aliphatic rings. The number of nitrogens with zero attached hydrogens (tertiary/aromatic N) is 2. The van der Waals surface area contributed by atoms with Gasteiger partial charge in [-0.3, -0.25) is 4.79 Å². The van der Waals surface area contributed by atoms with Crippen molar-refractivity contribution in [2.45, 2.75) is 25.3 Å². The second-order valence-electron chi connectivity index (χ2n) is 5.30. The molecule has 1 saturated carbocycles.